The van der Waals surface area contributed by atoms with Crippen molar-refractivity contribution in [3.05, 3.63) is 148 Å². The van der Waals surface area contributed by atoms with Crippen LogP contribution in [-0.4, -0.2) is 39.9 Å². The van der Waals surface area contributed by atoms with Crippen molar-refractivity contribution in [2.24, 2.45) is 17.8 Å². The number of aromatic nitrogens is 8. The first-order chi connectivity index (χ1) is 29.3. The Morgan fingerprint density at radius 2 is 1.07 bits per heavy atom. The van der Waals surface area contributed by atoms with Crippen LogP contribution in [0.3, 0.4) is 0 Å². The van der Waals surface area contributed by atoms with E-state index in [0.717, 1.165) is 47.2 Å². The van der Waals surface area contributed by atoms with Crippen molar-refractivity contribution >= 4 is 28.7 Å². The van der Waals surface area contributed by atoms with Gasteiger partial charge in [-0.1, -0.05) is 126 Å². The van der Waals surface area contributed by atoms with Gasteiger partial charge in [0.05, 0.1) is 6.33 Å². The topological polar surface area (TPSA) is 160 Å². The van der Waals surface area contributed by atoms with Crippen LogP contribution in [0.1, 0.15) is 86.4 Å². The highest BCUT2D eigenvalue weighted by molar-refractivity contribution is 6.29. The number of fused-ring (bicyclic) bond motifs is 1. The molecule has 0 aliphatic carbocycles. The Morgan fingerprint density at radius 3 is 1.56 bits per heavy atom. The van der Waals surface area contributed by atoms with Gasteiger partial charge in [-0.15, -0.1) is 0 Å². The molecule has 7 aromatic rings. The molecule has 3 aromatic carbocycles. The molecule has 0 aliphatic heterocycles. The minimum atomic E-state index is 0.111. The summed E-state index contributed by atoms with van der Waals surface area (Å²) < 4.78 is 17.0. The van der Waals surface area contributed by atoms with E-state index in [1.54, 1.807) is 18.6 Å². The molecule has 0 atom stereocenters. The Labute approximate surface area is 364 Å². The average Bonchev–Trinajstić information content (AvgIpc) is 3.68. The zero-order valence-electron chi connectivity index (χ0n) is 36.5. The van der Waals surface area contributed by atoms with Gasteiger partial charge in [0.25, 0.3) is 0 Å². The number of nitrogens with zero attached hydrogens (tertiary/aromatic N) is 7. The second-order valence-corrected chi connectivity index (χ2v) is 16.5. The number of rotatable bonds is 15. The molecule has 0 spiro atoms. The first-order valence-electron chi connectivity index (χ1n) is 20.7. The van der Waals surface area contributed by atoms with Gasteiger partial charge in [-0.25, -0.2) is 24.9 Å². The van der Waals surface area contributed by atoms with Crippen molar-refractivity contribution in [1.82, 2.24) is 39.9 Å². The fourth-order valence-corrected chi connectivity index (χ4v) is 6.36. The number of nitrogens with one attached hydrogen (secondary N) is 1. The molecule has 7 rings (SSSR count). The highest BCUT2D eigenvalue weighted by Gasteiger charge is 2.10. The largest absolute Gasteiger partial charge is 0.473 e. The summed E-state index contributed by atoms with van der Waals surface area (Å²) in [5.41, 5.74) is 15.2. The van der Waals surface area contributed by atoms with Crippen molar-refractivity contribution in [3.8, 4) is 17.8 Å². The molecule has 0 bridgehead atoms. The van der Waals surface area contributed by atoms with E-state index in [4.69, 9.17) is 31.5 Å². The van der Waals surface area contributed by atoms with E-state index >= 15 is 0 Å². The number of hydrogen-bond donors (Lipinski definition) is 2. The second kappa shape index (κ2) is 23.0. The van der Waals surface area contributed by atoms with Gasteiger partial charge in [0.2, 0.25) is 17.7 Å². The third kappa shape index (κ3) is 16.1. The smallest absolute Gasteiger partial charge is 0.316 e. The summed E-state index contributed by atoms with van der Waals surface area (Å²) >= 11 is 5.79. The molecule has 320 valence electrons. The number of aryl methyl sites for hydroxylation is 2. The van der Waals surface area contributed by atoms with Crippen LogP contribution in [0.25, 0.3) is 11.2 Å². The monoisotopic (exact) mass is 843 g/mol. The summed E-state index contributed by atoms with van der Waals surface area (Å²) in [4.78, 5) is 31.8. The maximum absolute atomic E-state index is 5.84. The van der Waals surface area contributed by atoms with Gasteiger partial charge >= 0.3 is 6.01 Å². The SMILES string of the molecule is CC(C)Cc1ccc(COc2cc(Cl)nc(N)n2)cc1.Cc1ccnc(OCc2ccc(CC(C)C)cc2)n1.Cc1nc(OCc2ccc(CC(C)C)cc2)c2[nH]cnc2n1. The molecule has 3 N–H and O–H groups in total. The summed E-state index contributed by atoms with van der Waals surface area (Å²) in [7, 11) is 0. The predicted octanol–water partition coefficient (Wildman–Crippen LogP) is 10.5. The lowest BCUT2D eigenvalue weighted by atomic mass is 10.0. The lowest BCUT2D eigenvalue weighted by Crippen LogP contribution is -2.01. The number of anilines is 1. The Hall–Kier alpha value is -6.14. The second-order valence-electron chi connectivity index (χ2n) is 16.2. The summed E-state index contributed by atoms with van der Waals surface area (Å²) in [5.74, 6) is 3.70. The van der Waals surface area contributed by atoms with Gasteiger partial charge in [-0.05, 0) is 90.3 Å². The van der Waals surface area contributed by atoms with E-state index in [9.17, 15) is 0 Å². The van der Waals surface area contributed by atoms with Gasteiger partial charge in [0.15, 0.2) is 5.65 Å². The first kappa shape index (κ1) is 45.9. The Balaban J connectivity index is 0.000000174. The maximum Gasteiger partial charge on any atom is 0.316 e. The zero-order chi connectivity index (χ0) is 43.7. The lowest BCUT2D eigenvalue weighted by Gasteiger charge is -2.08. The van der Waals surface area contributed by atoms with Crippen LogP contribution in [-0.2, 0) is 39.1 Å². The van der Waals surface area contributed by atoms with Gasteiger partial charge in [0.1, 0.15) is 36.3 Å². The predicted molar refractivity (Wildman–Crippen MR) is 243 cm³/mol. The van der Waals surface area contributed by atoms with Gasteiger partial charge in [0, 0.05) is 18.0 Å². The zero-order valence-corrected chi connectivity index (χ0v) is 37.3. The molecule has 0 unspecified atom stereocenters. The standard InChI is InChI=1S/C17H20N4O.C16H20N2O.C15H18ClN3O/c1-11(2)8-13-4-6-14(7-5-13)9-22-17-15-16(19-10-18-15)20-12(3)21-17;1-12(2)10-14-4-6-15(7-5-14)11-19-16-17-9-8-13(3)18-16;1-10(2)7-11-3-5-12(6-4-11)9-20-14-8-13(16)18-15(17)19-14/h4-7,10-11H,8-9H2,1-3H3,(H,18,19,20,21);4-9,12H,10-11H2,1-3H3;3-6,8,10H,7,9H2,1-2H3,(H2,17,18,19). The number of imidazole rings is 1. The van der Waals surface area contributed by atoms with Crippen molar-refractivity contribution in [3.63, 3.8) is 0 Å². The quantitative estimate of drug-likeness (QED) is 0.0946. The number of benzene rings is 3. The number of halogens is 1. The summed E-state index contributed by atoms with van der Waals surface area (Å²) in [5, 5.41) is 0.278. The van der Waals surface area contributed by atoms with Crippen molar-refractivity contribution < 1.29 is 14.2 Å². The highest BCUT2D eigenvalue weighted by Crippen LogP contribution is 2.21. The van der Waals surface area contributed by atoms with Crippen molar-refractivity contribution in [2.75, 3.05) is 5.73 Å². The highest BCUT2D eigenvalue weighted by atomic mass is 35.5. The van der Waals surface area contributed by atoms with Crippen LogP contribution >= 0.6 is 11.6 Å². The summed E-state index contributed by atoms with van der Waals surface area (Å²) in [6.07, 6.45) is 6.61. The van der Waals surface area contributed by atoms with E-state index in [0.29, 0.717) is 66.8 Å². The third-order valence-corrected chi connectivity index (χ3v) is 9.15. The van der Waals surface area contributed by atoms with Crippen molar-refractivity contribution in [2.45, 2.75) is 94.5 Å². The van der Waals surface area contributed by atoms with Crippen molar-refractivity contribution in [1.29, 1.82) is 0 Å². The molecule has 0 amide bonds. The lowest BCUT2D eigenvalue weighted by molar-refractivity contribution is 0.280. The first-order valence-corrected chi connectivity index (χ1v) is 21.0. The molecule has 0 saturated carbocycles. The third-order valence-electron chi connectivity index (χ3n) is 8.96. The normalized spacial score (nSPS) is 11.0. The molecule has 12 nitrogen and oxygen atoms in total. The van der Waals surface area contributed by atoms with E-state index in [2.05, 4.69) is 154 Å². The van der Waals surface area contributed by atoms with Crippen LogP contribution < -0.4 is 19.9 Å². The molecular formula is C48H58ClN9O3. The van der Waals surface area contributed by atoms with Crippen LogP contribution in [0, 0.1) is 31.6 Å². The fourth-order valence-electron chi connectivity index (χ4n) is 6.18. The van der Waals surface area contributed by atoms with E-state index in [-0.39, 0.29) is 11.1 Å². The fraction of sp³-hybridized carbons (Fsp3) is 0.354. The molecule has 0 fully saturated rings. The molecule has 4 aromatic heterocycles. The van der Waals surface area contributed by atoms with E-state index in [1.165, 1.54) is 16.7 Å². The molecule has 0 aliphatic rings. The molecule has 61 heavy (non-hydrogen) atoms. The van der Waals surface area contributed by atoms with Crippen LogP contribution in [0.4, 0.5) is 5.95 Å². The van der Waals surface area contributed by atoms with E-state index in [1.807, 2.05) is 19.9 Å². The Kier molecular flexibility index (Phi) is 17.3. The number of hydrogen-bond acceptors (Lipinski definition) is 11. The van der Waals surface area contributed by atoms with Crippen LogP contribution in [0.2, 0.25) is 5.15 Å². The Morgan fingerprint density at radius 1 is 0.574 bits per heavy atom. The molecular weight excluding hydrogens is 786 g/mol. The van der Waals surface area contributed by atoms with Gasteiger partial charge in [-0.3, -0.25) is 0 Å². The van der Waals surface area contributed by atoms with Crippen LogP contribution in [0.15, 0.2) is 97.5 Å². The summed E-state index contributed by atoms with van der Waals surface area (Å²) in [6, 6.07) is 29.3. The van der Waals surface area contributed by atoms with Crippen LogP contribution in [0.5, 0.6) is 17.8 Å². The number of H-pyrrole nitrogens is 1. The molecule has 4 heterocycles. The summed E-state index contributed by atoms with van der Waals surface area (Å²) in [6.45, 7) is 18.5. The Bertz CT molecular complexity index is 2360. The van der Waals surface area contributed by atoms with Gasteiger partial charge < -0.3 is 24.9 Å². The molecule has 0 radical (unpaired) electrons. The number of nitrogen functional groups attached to an aromatic ring is 1. The van der Waals surface area contributed by atoms with Gasteiger partial charge in [-0.2, -0.15) is 9.97 Å². The van der Waals surface area contributed by atoms with E-state index < -0.39 is 0 Å². The number of aromatic amines is 1. The number of nitrogens with two attached hydrogens (primary N) is 1. The molecule has 13 heteroatoms. The minimum absolute atomic E-state index is 0.111. The number of ether oxygens (including phenoxy) is 3. The maximum atomic E-state index is 5.84. The average molecular weight is 845 g/mol. The molecule has 0 saturated heterocycles. The minimum Gasteiger partial charge on any atom is -0.473 e.